The second-order valence-electron chi connectivity index (χ2n) is 3.18. The van der Waals surface area contributed by atoms with Crippen LogP contribution in [0.4, 0.5) is 0 Å². The maximum Gasteiger partial charge on any atom is 0.223 e. The highest BCUT2D eigenvalue weighted by molar-refractivity contribution is 7.99. The predicted molar refractivity (Wildman–Crippen MR) is 61.5 cm³/mol. The molecular formula is C10H13NOS2. The van der Waals surface area contributed by atoms with Crippen LogP contribution in [-0.2, 0) is 4.79 Å². The first-order valence-electron chi connectivity index (χ1n) is 4.77. The lowest BCUT2D eigenvalue weighted by molar-refractivity contribution is -0.130. The average Bonchev–Trinajstić information content (AvgIpc) is 2.85. The fourth-order valence-corrected chi connectivity index (χ4v) is 3.85. The third-order valence-electron chi connectivity index (χ3n) is 2.30. The first kappa shape index (κ1) is 10.1. The van der Waals surface area contributed by atoms with Crippen molar-refractivity contribution >= 4 is 29.0 Å². The van der Waals surface area contributed by atoms with Crippen molar-refractivity contribution in [3.8, 4) is 0 Å². The van der Waals surface area contributed by atoms with Crippen molar-refractivity contribution in [2.45, 2.75) is 18.7 Å². The normalized spacial score (nSPS) is 21.5. The molecule has 1 saturated heterocycles. The lowest BCUT2D eigenvalue weighted by Crippen LogP contribution is -2.29. The Morgan fingerprint density at radius 3 is 3.21 bits per heavy atom. The Labute approximate surface area is 92.3 Å². The summed E-state index contributed by atoms with van der Waals surface area (Å²) in [7, 11) is 0. The van der Waals surface area contributed by atoms with Crippen molar-refractivity contribution < 1.29 is 4.79 Å². The van der Waals surface area contributed by atoms with E-state index >= 15 is 0 Å². The number of thioether (sulfide) groups is 1. The Balaban J connectivity index is 2.15. The van der Waals surface area contributed by atoms with Gasteiger partial charge in [-0.2, -0.15) is 0 Å². The molecule has 2 nitrogen and oxygen atoms in total. The standard InChI is InChI=1S/C10H13NOS2/c1-2-9(12)11-5-7-14-10(11)8-4-3-6-13-8/h3-4,6,10H,2,5,7H2,1H3. The van der Waals surface area contributed by atoms with Gasteiger partial charge in [-0.25, -0.2) is 0 Å². The summed E-state index contributed by atoms with van der Waals surface area (Å²) in [5.74, 6) is 1.34. The van der Waals surface area contributed by atoms with Gasteiger partial charge in [-0.05, 0) is 11.4 Å². The largest absolute Gasteiger partial charge is 0.325 e. The number of thiophene rings is 1. The molecule has 1 aromatic rings. The molecule has 0 radical (unpaired) electrons. The molecule has 1 aliphatic rings. The third kappa shape index (κ3) is 1.81. The first-order chi connectivity index (χ1) is 6.83. The van der Waals surface area contributed by atoms with Gasteiger partial charge in [0.25, 0.3) is 0 Å². The summed E-state index contributed by atoms with van der Waals surface area (Å²) in [5.41, 5.74) is 0. The third-order valence-corrected chi connectivity index (χ3v) is 4.62. The number of nitrogens with zero attached hydrogens (tertiary/aromatic N) is 1. The molecule has 0 N–H and O–H groups in total. The van der Waals surface area contributed by atoms with Crippen molar-refractivity contribution in [3.05, 3.63) is 22.4 Å². The second kappa shape index (κ2) is 4.36. The van der Waals surface area contributed by atoms with Gasteiger partial charge in [-0.1, -0.05) is 13.0 Å². The van der Waals surface area contributed by atoms with Crippen LogP contribution in [0.15, 0.2) is 17.5 Å². The molecule has 76 valence electrons. The highest BCUT2D eigenvalue weighted by atomic mass is 32.2. The summed E-state index contributed by atoms with van der Waals surface area (Å²) in [4.78, 5) is 14.9. The van der Waals surface area contributed by atoms with Crippen molar-refractivity contribution in [3.63, 3.8) is 0 Å². The minimum Gasteiger partial charge on any atom is -0.325 e. The number of amides is 1. The quantitative estimate of drug-likeness (QED) is 0.774. The first-order valence-corrected chi connectivity index (χ1v) is 6.70. The van der Waals surface area contributed by atoms with Gasteiger partial charge >= 0.3 is 0 Å². The molecule has 0 aromatic carbocycles. The zero-order valence-corrected chi connectivity index (χ0v) is 9.74. The molecule has 1 fully saturated rings. The van der Waals surface area contributed by atoms with Gasteiger partial charge in [-0.3, -0.25) is 4.79 Å². The van der Waals surface area contributed by atoms with Gasteiger partial charge in [-0.15, -0.1) is 23.1 Å². The molecule has 1 unspecified atom stereocenters. The van der Waals surface area contributed by atoms with Gasteiger partial charge in [0.1, 0.15) is 5.37 Å². The van der Waals surface area contributed by atoms with Crippen molar-refractivity contribution in [2.24, 2.45) is 0 Å². The fraction of sp³-hybridized carbons (Fsp3) is 0.500. The number of rotatable bonds is 2. The molecule has 14 heavy (non-hydrogen) atoms. The molecule has 0 aliphatic carbocycles. The van der Waals surface area contributed by atoms with Crippen molar-refractivity contribution in [2.75, 3.05) is 12.3 Å². The molecule has 0 saturated carbocycles. The Kier molecular flexibility index (Phi) is 3.13. The van der Waals surface area contributed by atoms with Crippen molar-refractivity contribution in [1.29, 1.82) is 0 Å². The molecule has 2 heterocycles. The summed E-state index contributed by atoms with van der Waals surface area (Å²) >= 11 is 3.60. The van der Waals surface area contributed by atoms with E-state index in [1.807, 2.05) is 29.7 Å². The van der Waals surface area contributed by atoms with Gasteiger partial charge in [0.15, 0.2) is 0 Å². The minimum absolute atomic E-state index is 0.272. The topological polar surface area (TPSA) is 20.3 Å². The van der Waals surface area contributed by atoms with Gasteiger partial charge < -0.3 is 4.90 Å². The van der Waals surface area contributed by atoms with Crippen LogP contribution in [0.25, 0.3) is 0 Å². The lowest BCUT2D eigenvalue weighted by Gasteiger charge is -2.22. The van der Waals surface area contributed by atoms with Crippen molar-refractivity contribution in [1.82, 2.24) is 4.90 Å². The zero-order chi connectivity index (χ0) is 9.97. The molecule has 0 bridgehead atoms. The molecule has 4 heteroatoms. The molecule has 0 spiro atoms. The van der Waals surface area contributed by atoms with Crippen LogP contribution in [0.3, 0.4) is 0 Å². The van der Waals surface area contributed by atoms with E-state index < -0.39 is 0 Å². The van der Waals surface area contributed by atoms with E-state index in [2.05, 4.69) is 11.4 Å². The van der Waals surface area contributed by atoms with Crippen LogP contribution in [0.1, 0.15) is 23.6 Å². The monoisotopic (exact) mass is 227 g/mol. The number of carbonyl (C=O) groups excluding carboxylic acids is 1. The molecule has 1 aliphatic heterocycles. The van der Waals surface area contributed by atoms with Crippen LogP contribution >= 0.6 is 23.1 Å². The highest BCUT2D eigenvalue weighted by Crippen LogP contribution is 2.39. The molecule has 2 rings (SSSR count). The summed E-state index contributed by atoms with van der Waals surface area (Å²) in [6, 6.07) is 4.16. The molecule has 1 amide bonds. The maximum absolute atomic E-state index is 11.6. The highest BCUT2D eigenvalue weighted by Gasteiger charge is 2.29. The Morgan fingerprint density at radius 2 is 2.57 bits per heavy atom. The molecule has 1 atom stereocenters. The minimum atomic E-state index is 0.272. The summed E-state index contributed by atoms with van der Waals surface area (Å²) in [6.07, 6.45) is 0.614. The Bertz CT molecular complexity index is 310. The predicted octanol–water partition coefficient (Wildman–Crippen LogP) is 2.73. The van der Waals surface area contributed by atoms with Gasteiger partial charge in [0.2, 0.25) is 5.91 Å². The van der Waals surface area contributed by atoms with Gasteiger partial charge in [0.05, 0.1) is 0 Å². The number of carbonyl (C=O) groups is 1. The summed E-state index contributed by atoms with van der Waals surface area (Å²) in [5, 5.41) is 2.35. The Hall–Kier alpha value is -0.480. The number of hydrogen-bond acceptors (Lipinski definition) is 3. The van der Waals surface area contributed by atoms with E-state index in [1.165, 1.54) is 4.88 Å². The van der Waals surface area contributed by atoms with Crippen LogP contribution in [0, 0.1) is 0 Å². The van der Waals surface area contributed by atoms with E-state index in [0.717, 1.165) is 12.3 Å². The SMILES string of the molecule is CCC(=O)N1CCSC1c1cccs1. The molecule has 1 aromatic heterocycles. The van der Waals surface area contributed by atoms with E-state index in [1.54, 1.807) is 11.3 Å². The van der Waals surface area contributed by atoms with Crippen LogP contribution < -0.4 is 0 Å². The zero-order valence-electron chi connectivity index (χ0n) is 8.10. The van der Waals surface area contributed by atoms with Gasteiger partial charge in [0, 0.05) is 23.6 Å². The van der Waals surface area contributed by atoms with Crippen LogP contribution in [-0.4, -0.2) is 23.1 Å². The van der Waals surface area contributed by atoms with E-state index in [-0.39, 0.29) is 11.3 Å². The Morgan fingerprint density at radius 1 is 1.71 bits per heavy atom. The summed E-state index contributed by atoms with van der Waals surface area (Å²) in [6.45, 7) is 2.83. The number of hydrogen-bond donors (Lipinski definition) is 0. The van der Waals surface area contributed by atoms with E-state index in [0.29, 0.717) is 6.42 Å². The second-order valence-corrected chi connectivity index (χ2v) is 5.35. The smallest absolute Gasteiger partial charge is 0.223 e. The average molecular weight is 227 g/mol. The summed E-state index contributed by atoms with van der Waals surface area (Å²) < 4.78 is 0. The maximum atomic E-state index is 11.6. The van der Waals surface area contributed by atoms with Crippen LogP contribution in [0.5, 0.6) is 0 Å². The van der Waals surface area contributed by atoms with E-state index in [9.17, 15) is 4.79 Å². The lowest BCUT2D eigenvalue weighted by atomic mass is 10.3. The van der Waals surface area contributed by atoms with Crippen LogP contribution in [0.2, 0.25) is 0 Å². The van der Waals surface area contributed by atoms with E-state index in [4.69, 9.17) is 0 Å². The molecular weight excluding hydrogens is 214 g/mol. The fourth-order valence-electron chi connectivity index (χ4n) is 1.60.